The van der Waals surface area contributed by atoms with Gasteiger partial charge in [-0.15, -0.1) is 0 Å². The molecule has 0 saturated carbocycles. The first-order valence-electron chi connectivity index (χ1n) is 6.92. The van der Waals surface area contributed by atoms with E-state index in [0.29, 0.717) is 18.9 Å². The highest BCUT2D eigenvalue weighted by Crippen LogP contribution is 2.24. The summed E-state index contributed by atoms with van der Waals surface area (Å²) < 4.78 is 52.6. The zero-order valence-electron chi connectivity index (χ0n) is 12.4. The molecule has 5 nitrogen and oxygen atoms in total. The Morgan fingerprint density at radius 1 is 1.27 bits per heavy atom. The van der Waals surface area contributed by atoms with E-state index in [1.165, 1.54) is 11.2 Å². The number of sulfonamides is 1. The first-order valence-corrected chi connectivity index (χ1v) is 8.36. The molecule has 1 fully saturated rings. The van der Waals surface area contributed by atoms with Gasteiger partial charge in [0.1, 0.15) is 16.5 Å². The Bertz CT molecular complexity index is 671. The van der Waals surface area contributed by atoms with Gasteiger partial charge >= 0.3 is 0 Å². The summed E-state index contributed by atoms with van der Waals surface area (Å²) in [6.07, 6.45) is 0.968. The van der Waals surface area contributed by atoms with Crippen LogP contribution < -0.4 is 0 Å². The second-order valence-electron chi connectivity index (χ2n) is 5.34. The van der Waals surface area contributed by atoms with Crippen molar-refractivity contribution in [1.82, 2.24) is 9.21 Å². The molecule has 1 aliphatic heterocycles. The number of piperidine rings is 1. The fraction of sp³-hybridized carbons (Fsp3) is 0.500. The smallest absolute Gasteiger partial charge is 0.245 e. The molecule has 22 heavy (non-hydrogen) atoms. The van der Waals surface area contributed by atoms with E-state index in [1.807, 2.05) is 0 Å². The summed E-state index contributed by atoms with van der Waals surface area (Å²) in [5.41, 5.74) is 0. The van der Waals surface area contributed by atoms with Crippen molar-refractivity contribution in [2.24, 2.45) is 0 Å². The van der Waals surface area contributed by atoms with E-state index in [-0.39, 0.29) is 25.0 Å². The van der Waals surface area contributed by atoms with Crippen LogP contribution >= 0.6 is 0 Å². The molecule has 8 heteroatoms. The van der Waals surface area contributed by atoms with Crippen molar-refractivity contribution >= 4 is 15.9 Å². The molecule has 1 aromatic rings. The van der Waals surface area contributed by atoms with Crippen molar-refractivity contribution in [3.63, 3.8) is 0 Å². The molecule has 0 radical (unpaired) electrons. The molecule has 1 aliphatic rings. The van der Waals surface area contributed by atoms with Gasteiger partial charge in [0.2, 0.25) is 15.9 Å². The minimum Gasteiger partial charge on any atom is -0.343 e. The number of amides is 1. The predicted octanol–water partition coefficient (Wildman–Crippen LogP) is 1.60. The monoisotopic (exact) mass is 332 g/mol. The number of nitrogens with zero attached hydrogens (tertiary/aromatic N) is 2. The number of carbonyl (C=O) groups is 1. The maximum atomic E-state index is 13.7. The van der Waals surface area contributed by atoms with Gasteiger partial charge in [-0.2, -0.15) is 4.31 Å². The number of hydrogen-bond donors (Lipinski definition) is 0. The van der Waals surface area contributed by atoms with E-state index in [1.54, 1.807) is 11.9 Å². The lowest BCUT2D eigenvalue weighted by Gasteiger charge is -2.35. The lowest BCUT2D eigenvalue weighted by Crippen LogP contribution is -2.46. The third-order valence-electron chi connectivity index (χ3n) is 3.98. The average molecular weight is 332 g/mol. The predicted molar refractivity (Wildman–Crippen MR) is 76.6 cm³/mol. The number of hydrogen-bond acceptors (Lipinski definition) is 3. The summed E-state index contributed by atoms with van der Waals surface area (Å²) >= 11 is 0. The van der Waals surface area contributed by atoms with Gasteiger partial charge in [-0.1, -0.05) is 0 Å². The summed E-state index contributed by atoms with van der Waals surface area (Å²) in [5.74, 6) is -1.99. The molecule has 0 unspecified atom stereocenters. The standard InChI is InChI=1S/C14H18F2N2O3S/c1-10(19)17(2)12-5-7-18(8-6-12)22(20,21)14-4-3-11(15)9-13(14)16/h3-4,9,12H,5-8H2,1-2H3. The lowest BCUT2D eigenvalue weighted by atomic mass is 10.1. The third kappa shape index (κ3) is 3.27. The van der Waals surface area contributed by atoms with E-state index in [0.717, 1.165) is 12.1 Å². The first kappa shape index (κ1) is 16.8. The number of halogens is 2. The largest absolute Gasteiger partial charge is 0.343 e. The number of benzene rings is 1. The summed E-state index contributed by atoms with van der Waals surface area (Å²) in [7, 11) is -2.31. The maximum absolute atomic E-state index is 13.7. The quantitative estimate of drug-likeness (QED) is 0.845. The molecule has 1 saturated heterocycles. The Balaban J connectivity index is 2.14. The van der Waals surface area contributed by atoms with Crippen LogP contribution in [0.4, 0.5) is 8.78 Å². The topological polar surface area (TPSA) is 57.7 Å². The Labute approximate surface area is 128 Å². The van der Waals surface area contributed by atoms with Crippen LogP contribution in [0.15, 0.2) is 23.1 Å². The molecule has 0 atom stereocenters. The number of carbonyl (C=O) groups excluding carboxylic acids is 1. The Morgan fingerprint density at radius 2 is 1.86 bits per heavy atom. The van der Waals surface area contributed by atoms with Gasteiger partial charge in [-0.05, 0) is 25.0 Å². The minimum absolute atomic E-state index is 0.0259. The molecule has 2 rings (SSSR count). The van der Waals surface area contributed by atoms with E-state index in [9.17, 15) is 22.0 Å². The van der Waals surface area contributed by atoms with Crippen molar-refractivity contribution in [2.75, 3.05) is 20.1 Å². The van der Waals surface area contributed by atoms with Crippen molar-refractivity contribution in [2.45, 2.75) is 30.7 Å². The number of rotatable bonds is 3. The summed E-state index contributed by atoms with van der Waals surface area (Å²) in [5, 5.41) is 0. The second kappa shape index (κ2) is 6.29. The van der Waals surface area contributed by atoms with Crippen LogP contribution in [0.5, 0.6) is 0 Å². The van der Waals surface area contributed by atoms with Gasteiger partial charge in [0.15, 0.2) is 0 Å². The molecule has 0 aromatic heterocycles. The van der Waals surface area contributed by atoms with Gasteiger partial charge in [0.25, 0.3) is 0 Å². The van der Waals surface area contributed by atoms with Crippen LogP contribution in [0, 0.1) is 11.6 Å². The molecule has 1 amide bonds. The van der Waals surface area contributed by atoms with Gasteiger partial charge < -0.3 is 4.90 Å². The zero-order valence-corrected chi connectivity index (χ0v) is 13.2. The van der Waals surface area contributed by atoms with Crippen LogP contribution in [0.3, 0.4) is 0 Å². The van der Waals surface area contributed by atoms with Gasteiger partial charge in [0, 0.05) is 39.2 Å². The molecule has 122 valence electrons. The van der Waals surface area contributed by atoms with Crippen LogP contribution in [0.2, 0.25) is 0 Å². The average Bonchev–Trinajstić information content (AvgIpc) is 2.46. The molecular weight excluding hydrogens is 314 g/mol. The van der Waals surface area contributed by atoms with E-state index >= 15 is 0 Å². The fourth-order valence-electron chi connectivity index (χ4n) is 2.55. The molecule has 1 aromatic carbocycles. The zero-order chi connectivity index (χ0) is 16.5. The van der Waals surface area contributed by atoms with Crippen molar-refractivity contribution in [3.05, 3.63) is 29.8 Å². The highest BCUT2D eigenvalue weighted by molar-refractivity contribution is 7.89. The van der Waals surface area contributed by atoms with Gasteiger partial charge in [-0.3, -0.25) is 4.79 Å². The van der Waals surface area contributed by atoms with Crippen LogP contribution in [0.1, 0.15) is 19.8 Å². The highest BCUT2D eigenvalue weighted by Gasteiger charge is 2.33. The maximum Gasteiger partial charge on any atom is 0.245 e. The fourth-order valence-corrected chi connectivity index (χ4v) is 4.07. The SMILES string of the molecule is CC(=O)N(C)C1CCN(S(=O)(=O)c2ccc(F)cc2F)CC1. The van der Waals surface area contributed by atoms with E-state index < -0.39 is 26.6 Å². The Morgan fingerprint density at radius 3 is 2.36 bits per heavy atom. The molecular formula is C14H18F2N2O3S. The van der Waals surface area contributed by atoms with Crippen molar-refractivity contribution < 1.29 is 22.0 Å². The van der Waals surface area contributed by atoms with Crippen LogP contribution in [0.25, 0.3) is 0 Å². The van der Waals surface area contributed by atoms with Crippen LogP contribution in [-0.4, -0.2) is 49.7 Å². The summed E-state index contributed by atoms with van der Waals surface area (Å²) in [6, 6.07) is 2.39. The molecule has 0 spiro atoms. The van der Waals surface area contributed by atoms with E-state index in [4.69, 9.17) is 0 Å². The van der Waals surface area contributed by atoms with Crippen LogP contribution in [-0.2, 0) is 14.8 Å². The molecule has 0 N–H and O–H groups in total. The highest BCUT2D eigenvalue weighted by atomic mass is 32.2. The molecule has 1 heterocycles. The Hall–Kier alpha value is -1.54. The molecule has 0 bridgehead atoms. The lowest BCUT2D eigenvalue weighted by molar-refractivity contribution is -0.130. The van der Waals surface area contributed by atoms with Crippen molar-refractivity contribution in [1.29, 1.82) is 0 Å². The Kier molecular flexibility index (Phi) is 4.81. The van der Waals surface area contributed by atoms with Gasteiger partial charge in [-0.25, -0.2) is 17.2 Å². The summed E-state index contributed by atoms with van der Waals surface area (Å²) in [6.45, 7) is 1.85. The minimum atomic E-state index is -3.99. The van der Waals surface area contributed by atoms with Crippen molar-refractivity contribution in [3.8, 4) is 0 Å². The first-order chi connectivity index (χ1) is 10.2. The van der Waals surface area contributed by atoms with Gasteiger partial charge in [0.05, 0.1) is 0 Å². The third-order valence-corrected chi connectivity index (χ3v) is 5.91. The van der Waals surface area contributed by atoms with E-state index in [2.05, 4.69) is 0 Å². The summed E-state index contributed by atoms with van der Waals surface area (Å²) in [4.78, 5) is 12.4. The normalized spacial score (nSPS) is 17.5. The molecule has 0 aliphatic carbocycles. The second-order valence-corrected chi connectivity index (χ2v) is 7.25.